The largest absolute Gasteiger partial charge is 0.331 e. The van der Waals surface area contributed by atoms with E-state index in [1.165, 1.54) is 29.2 Å². The summed E-state index contributed by atoms with van der Waals surface area (Å²) in [5, 5.41) is 2.95. The van der Waals surface area contributed by atoms with E-state index in [0.717, 1.165) is 49.8 Å². The number of amides is 3. The van der Waals surface area contributed by atoms with Crippen molar-refractivity contribution in [2.24, 2.45) is 4.36 Å². The summed E-state index contributed by atoms with van der Waals surface area (Å²) in [6, 6.07) is 8.50. The fraction of sp³-hybridized carbons (Fsp3) is 0.364. The molecule has 29 heavy (non-hydrogen) atoms. The molecule has 2 aromatic carbocycles. The lowest BCUT2D eigenvalue weighted by molar-refractivity contribution is -0.115. The molecule has 0 saturated carbocycles. The van der Waals surface area contributed by atoms with E-state index in [0.29, 0.717) is 4.90 Å². The number of aryl methyl sites for hydroxylation is 3. The van der Waals surface area contributed by atoms with E-state index in [1.807, 2.05) is 6.92 Å². The number of hydrogen-bond acceptors (Lipinski definition) is 3. The lowest BCUT2D eigenvalue weighted by atomic mass is 9.99. The maximum Gasteiger partial charge on any atom is 0.331 e. The Labute approximate surface area is 171 Å². The Morgan fingerprint density at radius 1 is 0.966 bits per heavy atom. The van der Waals surface area contributed by atoms with Crippen LogP contribution in [0.1, 0.15) is 47.6 Å². The predicted molar refractivity (Wildman–Crippen MR) is 113 cm³/mol. The van der Waals surface area contributed by atoms with Crippen LogP contribution in [0.5, 0.6) is 0 Å². The number of fused-ring (bicyclic) bond motifs is 2. The molecule has 0 spiro atoms. The fourth-order valence-corrected chi connectivity index (χ4v) is 5.71. The molecule has 2 aliphatic rings. The molecule has 7 heteroatoms. The first-order valence-electron chi connectivity index (χ1n) is 9.95. The summed E-state index contributed by atoms with van der Waals surface area (Å²) in [6.45, 7) is 3.13. The molecular weight excluding hydrogens is 386 g/mol. The van der Waals surface area contributed by atoms with Gasteiger partial charge in [-0.15, -0.1) is 4.36 Å². The number of hydrogen-bond donors (Lipinski definition) is 2. The van der Waals surface area contributed by atoms with Crippen LogP contribution < -0.4 is 10.0 Å². The number of urea groups is 1. The van der Waals surface area contributed by atoms with E-state index in [2.05, 4.69) is 20.5 Å². The van der Waals surface area contributed by atoms with Crippen molar-refractivity contribution in [1.82, 2.24) is 4.72 Å². The second kappa shape index (κ2) is 7.63. The van der Waals surface area contributed by atoms with Gasteiger partial charge in [-0.25, -0.2) is 13.7 Å². The van der Waals surface area contributed by atoms with Gasteiger partial charge in [0, 0.05) is 12.6 Å². The second-order valence-electron chi connectivity index (χ2n) is 7.74. The maximum absolute atomic E-state index is 13.4. The Bertz CT molecular complexity index is 1080. The van der Waals surface area contributed by atoms with Crippen LogP contribution in [0.25, 0.3) is 0 Å². The first kappa shape index (κ1) is 19.6. The number of anilines is 1. The molecule has 0 fully saturated rings. The SMILES string of the molecule is CC(=O)N=S(=O)(NC(=O)Nc1c2c(cc3c1CCC3)CCC2)c1ccc(C)cc1. The molecule has 2 aromatic rings. The van der Waals surface area contributed by atoms with Crippen LogP contribution >= 0.6 is 0 Å². The van der Waals surface area contributed by atoms with Crippen molar-refractivity contribution >= 4 is 27.5 Å². The van der Waals surface area contributed by atoms with Crippen LogP contribution in [-0.2, 0) is 40.4 Å². The van der Waals surface area contributed by atoms with Gasteiger partial charge in [-0.1, -0.05) is 23.8 Å². The smallest absolute Gasteiger partial charge is 0.307 e. The van der Waals surface area contributed by atoms with Crippen molar-refractivity contribution < 1.29 is 13.8 Å². The molecule has 0 saturated heterocycles. The standard InChI is InChI=1S/C22H25N3O3S/c1-14-9-11-18(12-10-14)29(28,24-15(2)26)25-22(27)23-21-19-7-3-5-16(19)13-17-6-4-8-20(17)21/h9-13H,3-8H2,1-2H3,(H2,23,24,25,26,27,28). The molecule has 0 aromatic heterocycles. The zero-order chi connectivity index (χ0) is 20.6. The quantitative estimate of drug-likeness (QED) is 0.798. The Kier molecular flexibility index (Phi) is 5.17. The van der Waals surface area contributed by atoms with Gasteiger partial charge in [0.2, 0.25) is 0 Å². The summed E-state index contributed by atoms with van der Waals surface area (Å²) < 4.78 is 19.7. The average Bonchev–Trinajstić information content (AvgIpc) is 3.30. The predicted octanol–water partition coefficient (Wildman–Crippen LogP) is 4.08. The number of nitrogens with zero attached hydrogens (tertiary/aromatic N) is 1. The van der Waals surface area contributed by atoms with Gasteiger partial charge in [0.15, 0.2) is 9.92 Å². The normalized spacial score (nSPS) is 16.5. The first-order valence-corrected chi connectivity index (χ1v) is 11.5. The minimum atomic E-state index is -3.42. The third-order valence-electron chi connectivity index (χ3n) is 5.54. The number of nitrogens with one attached hydrogen (secondary N) is 2. The average molecular weight is 412 g/mol. The molecule has 4 rings (SSSR count). The zero-order valence-corrected chi connectivity index (χ0v) is 17.5. The van der Waals surface area contributed by atoms with Crippen LogP contribution in [0.2, 0.25) is 0 Å². The molecule has 2 N–H and O–H groups in total. The molecule has 1 atom stereocenters. The summed E-state index contributed by atoms with van der Waals surface area (Å²) in [6.07, 6.45) is 6.08. The van der Waals surface area contributed by atoms with Gasteiger partial charge >= 0.3 is 6.03 Å². The Morgan fingerprint density at radius 2 is 1.55 bits per heavy atom. The molecule has 0 bridgehead atoms. The van der Waals surface area contributed by atoms with Crippen LogP contribution in [-0.4, -0.2) is 16.1 Å². The van der Waals surface area contributed by atoms with Crippen molar-refractivity contribution in [3.05, 3.63) is 58.1 Å². The topological polar surface area (TPSA) is 87.6 Å². The van der Waals surface area contributed by atoms with Crippen LogP contribution in [0.15, 0.2) is 39.6 Å². The number of carbonyl (C=O) groups is 2. The van der Waals surface area contributed by atoms with Crippen LogP contribution in [0.3, 0.4) is 0 Å². The van der Waals surface area contributed by atoms with E-state index in [1.54, 1.807) is 24.3 Å². The maximum atomic E-state index is 13.4. The van der Waals surface area contributed by atoms with Gasteiger partial charge in [-0.3, -0.25) is 4.79 Å². The van der Waals surface area contributed by atoms with Crippen molar-refractivity contribution in [1.29, 1.82) is 0 Å². The van der Waals surface area contributed by atoms with Gasteiger partial charge in [0.25, 0.3) is 5.91 Å². The highest BCUT2D eigenvalue weighted by atomic mass is 32.2. The van der Waals surface area contributed by atoms with E-state index in [9.17, 15) is 13.8 Å². The van der Waals surface area contributed by atoms with Gasteiger partial charge in [-0.2, -0.15) is 0 Å². The fourth-order valence-electron chi connectivity index (χ4n) is 4.27. The van der Waals surface area contributed by atoms with E-state index >= 15 is 0 Å². The number of benzene rings is 2. The van der Waals surface area contributed by atoms with Crippen molar-refractivity contribution in [3.8, 4) is 0 Å². The molecule has 1 unspecified atom stereocenters. The number of carbonyl (C=O) groups excluding carboxylic acids is 2. The highest BCUT2D eigenvalue weighted by Crippen LogP contribution is 2.38. The monoisotopic (exact) mass is 411 g/mol. The summed E-state index contributed by atoms with van der Waals surface area (Å²) in [7, 11) is -3.42. The Hall–Kier alpha value is -2.67. The Balaban J connectivity index is 1.66. The van der Waals surface area contributed by atoms with Crippen LogP contribution in [0.4, 0.5) is 10.5 Å². The summed E-state index contributed by atoms with van der Waals surface area (Å²) in [5.74, 6) is -0.600. The van der Waals surface area contributed by atoms with Gasteiger partial charge < -0.3 is 5.32 Å². The molecule has 0 radical (unpaired) electrons. The van der Waals surface area contributed by atoms with Crippen LogP contribution in [0, 0.1) is 6.92 Å². The van der Waals surface area contributed by atoms with Crippen molar-refractivity contribution in [2.75, 3.05) is 5.32 Å². The van der Waals surface area contributed by atoms with E-state index < -0.39 is 21.9 Å². The third-order valence-corrected chi connectivity index (χ3v) is 7.43. The minimum Gasteiger partial charge on any atom is -0.307 e. The summed E-state index contributed by atoms with van der Waals surface area (Å²) in [4.78, 5) is 24.8. The Morgan fingerprint density at radius 3 is 2.10 bits per heavy atom. The second-order valence-corrected chi connectivity index (χ2v) is 9.65. The van der Waals surface area contributed by atoms with E-state index in [4.69, 9.17) is 0 Å². The molecule has 2 aliphatic carbocycles. The molecule has 152 valence electrons. The molecular formula is C22H25N3O3S. The number of rotatable bonds is 3. The lowest BCUT2D eigenvalue weighted by Gasteiger charge is -2.18. The minimum absolute atomic E-state index is 0.303. The molecule has 0 aliphatic heterocycles. The van der Waals surface area contributed by atoms with Crippen molar-refractivity contribution in [3.63, 3.8) is 0 Å². The summed E-state index contributed by atoms with van der Waals surface area (Å²) >= 11 is 0. The molecule has 6 nitrogen and oxygen atoms in total. The molecule has 0 heterocycles. The van der Waals surface area contributed by atoms with E-state index in [-0.39, 0.29) is 0 Å². The summed E-state index contributed by atoms with van der Waals surface area (Å²) in [5.41, 5.74) is 6.82. The van der Waals surface area contributed by atoms with Crippen molar-refractivity contribution in [2.45, 2.75) is 57.3 Å². The molecule has 3 amide bonds. The van der Waals surface area contributed by atoms with Gasteiger partial charge in [-0.05, 0) is 79.8 Å². The van der Waals surface area contributed by atoms with Gasteiger partial charge in [0.1, 0.15) is 0 Å². The zero-order valence-electron chi connectivity index (χ0n) is 16.7. The van der Waals surface area contributed by atoms with Gasteiger partial charge in [0.05, 0.1) is 4.90 Å². The highest BCUT2D eigenvalue weighted by molar-refractivity contribution is 7.92. The highest BCUT2D eigenvalue weighted by Gasteiger charge is 2.26. The lowest BCUT2D eigenvalue weighted by Crippen LogP contribution is -2.35. The third kappa shape index (κ3) is 3.92. The first-order chi connectivity index (χ1) is 13.9.